The lowest BCUT2D eigenvalue weighted by molar-refractivity contribution is -0.0498. The summed E-state index contributed by atoms with van der Waals surface area (Å²) in [5, 5.41) is 3.04. The average Bonchev–Trinajstić information content (AvgIpc) is 2.31. The molecule has 2 aliphatic rings. The van der Waals surface area contributed by atoms with Crippen LogP contribution in [0.2, 0.25) is 0 Å². The number of hydrogen-bond donors (Lipinski definition) is 1. The zero-order chi connectivity index (χ0) is 14.2. The molecule has 0 radical (unpaired) electrons. The minimum absolute atomic E-state index is 0.109. The second-order valence-corrected chi connectivity index (χ2v) is 6.61. The van der Waals surface area contributed by atoms with Crippen LogP contribution in [0.15, 0.2) is 0 Å². The third-order valence-corrected chi connectivity index (χ3v) is 4.04. The third kappa shape index (κ3) is 3.02. The predicted molar refractivity (Wildman–Crippen MR) is 71.9 cm³/mol. The van der Waals surface area contributed by atoms with Gasteiger partial charge in [0, 0.05) is 12.1 Å². The van der Waals surface area contributed by atoms with Crippen LogP contribution in [-0.2, 0) is 4.74 Å². The van der Waals surface area contributed by atoms with E-state index in [2.05, 4.69) is 5.32 Å². The van der Waals surface area contributed by atoms with E-state index in [1.54, 1.807) is 11.9 Å². The molecule has 2 bridgehead atoms. The van der Waals surface area contributed by atoms with Gasteiger partial charge in [0.25, 0.3) is 0 Å². The van der Waals surface area contributed by atoms with E-state index >= 15 is 0 Å². The van der Waals surface area contributed by atoms with Gasteiger partial charge in [0.1, 0.15) is 11.8 Å². The number of rotatable bonds is 1. The van der Waals surface area contributed by atoms with Crippen molar-refractivity contribution in [3.63, 3.8) is 0 Å². The lowest BCUT2D eigenvalue weighted by atomic mass is 9.81. The molecule has 0 aromatic heterocycles. The largest absolute Gasteiger partial charge is 0.444 e. The number of alkyl halides is 1. The normalized spacial score (nSPS) is 35.1. The quantitative estimate of drug-likeness (QED) is 0.797. The first kappa shape index (κ1) is 14.6. The van der Waals surface area contributed by atoms with Crippen LogP contribution in [0.4, 0.5) is 9.18 Å². The number of carbonyl (C=O) groups is 1. The van der Waals surface area contributed by atoms with Gasteiger partial charge < -0.3 is 10.1 Å². The first-order valence-electron chi connectivity index (χ1n) is 7.16. The van der Waals surface area contributed by atoms with Gasteiger partial charge >= 0.3 is 6.09 Å². The summed E-state index contributed by atoms with van der Waals surface area (Å²) in [6.07, 6.45) is 1.97. The predicted octanol–water partition coefficient (Wildman–Crippen LogP) is 2.47. The van der Waals surface area contributed by atoms with Gasteiger partial charge in [-0.3, -0.25) is 4.90 Å². The Balaban J connectivity index is 2.14. The van der Waals surface area contributed by atoms with Crippen molar-refractivity contribution in [2.75, 3.05) is 7.05 Å². The van der Waals surface area contributed by atoms with E-state index in [0.29, 0.717) is 6.42 Å². The van der Waals surface area contributed by atoms with Gasteiger partial charge in [-0.05, 0) is 53.5 Å². The van der Waals surface area contributed by atoms with E-state index in [1.165, 1.54) is 0 Å². The van der Waals surface area contributed by atoms with Crippen molar-refractivity contribution in [3.8, 4) is 0 Å². The molecule has 4 nitrogen and oxygen atoms in total. The molecule has 0 saturated carbocycles. The first-order chi connectivity index (χ1) is 8.83. The Morgan fingerprint density at radius 1 is 1.37 bits per heavy atom. The molecule has 2 saturated heterocycles. The van der Waals surface area contributed by atoms with Crippen molar-refractivity contribution in [2.24, 2.45) is 0 Å². The number of ether oxygens (including phenoxy) is 1. The summed E-state index contributed by atoms with van der Waals surface area (Å²) in [7, 11) is 1.79. The zero-order valence-corrected chi connectivity index (χ0v) is 12.3. The highest BCUT2D eigenvalue weighted by atomic mass is 19.1. The van der Waals surface area contributed by atoms with Crippen molar-refractivity contribution in [2.45, 2.75) is 76.4 Å². The number of halogens is 1. The minimum Gasteiger partial charge on any atom is -0.444 e. The molecule has 2 rings (SSSR count). The zero-order valence-electron chi connectivity index (χ0n) is 12.3. The molecule has 0 aromatic carbocycles. The number of amides is 1. The number of nitrogens with zero attached hydrogens (tertiary/aromatic N) is 1. The molecule has 110 valence electrons. The third-order valence-electron chi connectivity index (χ3n) is 4.04. The van der Waals surface area contributed by atoms with E-state index in [-0.39, 0.29) is 24.2 Å². The van der Waals surface area contributed by atoms with Gasteiger partial charge in [0.05, 0.1) is 6.04 Å². The first-order valence-corrected chi connectivity index (χ1v) is 7.16. The number of hydrogen-bond acceptors (Lipinski definition) is 3. The maximum absolute atomic E-state index is 14.5. The fraction of sp³-hybridized carbons (Fsp3) is 0.929. The Labute approximate surface area is 114 Å². The molecular weight excluding hydrogens is 247 g/mol. The van der Waals surface area contributed by atoms with E-state index < -0.39 is 11.8 Å². The van der Waals surface area contributed by atoms with E-state index in [9.17, 15) is 9.18 Å². The van der Waals surface area contributed by atoms with Crippen LogP contribution in [-0.4, -0.2) is 47.9 Å². The van der Waals surface area contributed by atoms with Crippen molar-refractivity contribution in [1.29, 1.82) is 0 Å². The van der Waals surface area contributed by atoms with Crippen molar-refractivity contribution >= 4 is 6.09 Å². The SMILES string of the molecule is CN[C@H]1CC2CCCC([C@H]1F)N2C(=O)OC(C)(C)C. The van der Waals surface area contributed by atoms with Gasteiger partial charge in [0.15, 0.2) is 0 Å². The van der Waals surface area contributed by atoms with Crippen LogP contribution in [0.3, 0.4) is 0 Å². The van der Waals surface area contributed by atoms with Crippen molar-refractivity contribution in [1.82, 2.24) is 10.2 Å². The summed E-state index contributed by atoms with van der Waals surface area (Å²) in [4.78, 5) is 13.9. The number of nitrogens with one attached hydrogen (secondary N) is 1. The topological polar surface area (TPSA) is 41.6 Å². The Morgan fingerprint density at radius 2 is 2.05 bits per heavy atom. The second-order valence-electron chi connectivity index (χ2n) is 6.61. The maximum Gasteiger partial charge on any atom is 0.410 e. The molecule has 2 fully saturated rings. The standard InChI is InChI=1S/C14H25FN2O2/c1-14(2,3)19-13(18)17-9-6-5-7-11(17)12(15)10(8-9)16-4/h9-12,16H,5-8H2,1-4H3/t9?,10-,11?,12-/m0/s1. The molecule has 4 atom stereocenters. The molecule has 2 heterocycles. The van der Waals surface area contributed by atoms with Gasteiger partial charge in [-0.15, -0.1) is 0 Å². The molecule has 2 aliphatic heterocycles. The summed E-state index contributed by atoms with van der Waals surface area (Å²) >= 11 is 0. The molecule has 0 aliphatic carbocycles. The lowest BCUT2D eigenvalue weighted by Crippen LogP contribution is -2.64. The van der Waals surface area contributed by atoms with Crippen LogP contribution in [0.1, 0.15) is 46.5 Å². The minimum atomic E-state index is -1.01. The molecule has 1 amide bonds. The van der Waals surface area contributed by atoms with Crippen molar-refractivity contribution < 1.29 is 13.9 Å². The van der Waals surface area contributed by atoms with Gasteiger partial charge in [0.2, 0.25) is 0 Å². The van der Waals surface area contributed by atoms with Gasteiger partial charge in [-0.2, -0.15) is 0 Å². The monoisotopic (exact) mass is 272 g/mol. The van der Waals surface area contributed by atoms with E-state index in [0.717, 1.165) is 19.3 Å². The second kappa shape index (κ2) is 5.27. The molecular formula is C14H25FN2O2. The summed E-state index contributed by atoms with van der Waals surface area (Å²) < 4.78 is 19.9. The highest BCUT2D eigenvalue weighted by Gasteiger charge is 2.48. The summed E-state index contributed by atoms with van der Waals surface area (Å²) in [5.74, 6) is 0. The Bertz CT molecular complexity index is 343. The number of fused-ring (bicyclic) bond motifs is 2. The molecule has 1 N–H and O–H groups in total. The average molecular weight is 272 g/mol. The van der Waals surface area contributed by atoms with Crippen molar-refractivity contribution in [3.05, 3.63) is 0 Å². The summed E-state index contributed by atoms with van der Waals surface area (Å²) in [6, 6.07) is -0.369. The summed E-state index contributed by atoms with van der Waals surface area (Å²) in [5.41, 5.74) is -0.531. The van der Waals surface area contributed by atoms with Crippen LogP contribution >= 0.6 is 0 Å². The highest BCUT2D eigenvalue weighted by molar-refractivity contribution is 5.69. The van der Waals surface area contributed by atoms with Crippen LogP contribution in [0, 0.1) is 0 Å². The van der Waals surface area contributed by atoms with E-state index in [1.807, 2.05) is 20.8 Å². The molecule has 0 spiro atoms. The number of piperidine rings is 2. The van der Waals surface area contributed by atoms with E-state index in [4.69, 9.17) is 4.74 Å². The highest BCUT2D eigenvalue weighted by Crippen LogP contribution is 2.36. The lowest BCUT2D eigenvalue weighted by Gasteiger charge is -2.50. The number of carbonyl (C=O) groups excluding carboxylic acids is 1. The molecule has 2 unspecified atom stereocenters. The van der Waals surface area contributed by atoms with Gasteiger partial charge in [-0.1, -0.05) is 0 Å². The Kier molecular flexibility index (Phi) is 4.04. The Hall–Kier alpha value is -0.840. The molecule has 0 aromatic rings. The van der Waals surface area contributed by atoms with Crippen LogP contribution in [0.5, 0.6) is 0 Å². The fourth-order valence-corrected chi connectivity index (χ4v) is 3.22. The molecule has 5 heteroatoms. The smallest absolute Gasteiger partial charge is 0.410 e. The summed E-state index contributed by atoms with van der Waals surface area (Å²) in [6.45, 7) is 5.52. The van der Waals surface area contributed by atoms with Crippen LogP contribution < -0.4 is 5.32 Å². The molecule has 19 heavy (non-hydrogen) atoms. The maximum atomic E-state index is 14.5. The van der Waals surface area contributed by atoms with Crippen LogP contribution in [0.25, 0.3) is 0 Å². The Morgan fingerprint density at radius 3 is 2.63 bits per heavy atom. The fourth-order valence-electron chi connectivity index (χ4n) is 3.22. The van der Waals surface area contributed by atoms with Gasteiger partial charge in [-0.25, -0.2) is 9.18 Å².